The molecule has 0 aliphatic carbocycles. The van der Waals surface area contributed by atoms with Crippen molar-refractivity contribution in [2.24, 2.45) is 0 Å². The van der Waals surface area contributed by atoms with Gasteiger partial charge in [-0.1, -0.05) is 48.5 Å². The smallest absolute Gasteiger partial charge is 0.420 e. The summed E-state index contributed by atoms with van der Waals surface area (Å²) in [6.07, 6.45) is 0. The number of carbonyl (C=O) groups is 2. The first-order valence-corrected chi connectivity index (χ1v) is 8.59. The van der Waals surface area contributed by atoms with E-state index in [1.54, 1.807) is 57.2 Å². The van der Waals surface area contributed by atoms with Crippen LogP contribution in [-0.4, -0.2) is 28.0 Å². The highest BCUT2D eigenvalue weighted by atomic mass is 16.6. The molecule has 0 aliphatic heterocycles. The first-order chi connectivity index (χ1) is 12.7. The van der Waals surface area contributed by atoms with Gasteiger partial charge < -0.3 is 15.6 Å². The predicted molar refractivity (Wildman–Crippen MR) is 102 cm³/mol. The molecule has 1 atom stereocenters. The topological polar surface area (TPSA) is 91.8 Å². The lowest BCUT2D eigenvalue weighted by molar-refractivity contribution is -0.151. The molecular weight excluding hydrogens is 342 g/mol. The Balaban J connectivity index is 2.40. The Hall–Kier alpha value is -3.24. The van der Waals surface area contributed by atoms with Crippen LogP contribution in [0.1, 0.15) is 48.3 Å². The predicted octanol–water partition coefficient (Wildman–Crippen LogP) is 3.48. The monoisotopic (exact) mass is 365 g/mol. The van der Waals surface area contributed by atoms with Gasteiger partial charge >= 0.3 is 11.7 Å². The summed E-state index contributed by atoms with van der Waals surface area (Å²) < 4.78 is 5.32. The van der Waals surface area contributed by atoms with Crippen LogP contribution < -0.4 is 5.32 Å². The Bertz CT molecular complexity index is 879. The van der Waals surface area contributed by atoms with Crippen molar-refractivity contribution in [3.05, 3.63) is 76.8 Å². The third-order valence-corrected chi connectivity index (χ3v) is 3.79. The van der Waals surface area contributed by atoms with E-state index in [1.807, 2.05) is 25.1 Å². The van der Waals surface area contributed by atoms with E-state index in [0.717, 1.165) is 5.56 Å². The molecule has 0 aromatic heterocycles. The zero-order valence-corrected chi connectivity index (χ0v) is 15.9. The largest absolute Gasteiger partial charge is 0.451 e. The molecule has 0 fully saturated rings. The van der Waals surface area contributed by atoms with E-state index in [1.165, 1.54) is 0 Å². The number of nitrogens with zero attached hydrogens (tertiary/aromatic N) is 2. The van der Waals surface area contributed by atoms with Crippen molar-refractivity contribution in [2.75, 3.05) is 0 Å². The number of aryl methyl sites for hydroxylation is 1. The number of carbonyl (C=O) groups excluding carboxylic acids is 2. The van der Waals surface area contributed by atoms with E-state index in [2.05, 4.69) is 10.1 Å². The van der Waals surface area contributed by atoms with Gasteiger partial charge in [0.1, 0.15) is 5.60 Å². The van der Waals surface area contributed by atoms with Gasteiger partial charge in [-0.25, -0.2) is 4.79 Å². The average Bonchev–Trinajstić information content (AvgIpc) is 2.61. The molecule has 0 saturated heterocycles. The summed E-state index contributed by atoms with van der Waals surface area (Å²) in [5, 5.41) is 2.78. The number of amides is 1. The minimum absolute atomic E-state index is 0.293. The first kappa shape index (κ1) is 20.1. The van der Waals surface area contributed by atoms with Crippen LogP contribution in [0.5, 0.6) is 0 Å². The third kappa shape index (κ3) is 5.36. The number of benzene rings is 2. The van der Waals surface area contributed by atoms with Crippen molar-refractivity contribution >= 4 is 17.6 Å². The SMILES string of the molecule is Cc1ccccc1C(=O)NC(C(=[N+]=[N-])C(=O)OC(C)(C)C)c1ccccc1. The molecule has 2 aromatic rings. The summed E-state index contributed by atoms with van der Waals surface area (Å²) in [4.78, 5) is 28.4. The highest BCUT2D eigenvalue weighted by molar-refractivity contribution is 6.36. The van der Waals surface area contributed by atoms with Gasteiger partial charge in [-0.05, 0) is 44.9 Å². The molecule has 2 rings (SSSR count). The second kappa shape index (κ2) is 8.43. The minimum Gasteiger partial charge on any atom is -0.451 e. The third-order valence-electron chi connectivity index (χ3n) is 3.79. The number of hydrogen-bond acceptors (Lipinski definition) is 3. The van der Waals surface area contributed by atoms with Crippen molar-refractivity contribution in [1.29, 1.82) is 0 Å². The number of ether oxygens (including phenoxy) is 1. The molecule has 6 nitrogen and oxygen atoms in total. The second-order valence-corrected chi connectivity index (χ2v) is 7.12. The standard InChI is InChI=1S/C21H23N3O3/c1-14-10-8-9-13-16(14)19(25)23-17(15-11-6-5-7-12-15)18(24-22)20(26)27-21(2,3)4/h5-13,17H,1-4H3,(H,23,25). The molecule has 0 saturated carbocycles. The van der Waals surface area contributed by atoms with Crippen molar-refractivity contribution in [1.82, 2.24) is 5.32 Å². The summed E-state index contributed by atoms with van der Waals surface area (Å²) in [5.41, 5.74) is 10.3. The molecule has 1 amide bonds. The molecule has 0 spiro atoms. The lowest BCUT2D eigenvalue weighted by Gasteiger charge is -2.20. The van der Waals surface area contributed by atoms with Crippen LogP contribution in [0.2, 0.25) is 0 Å². The van der Waals surface area contributed by atoms with Gasteiger partial charge in [0, 0.05) is 5.56 Å². The molecule has 0 heterocycles. The second-order valence-electron chi connectivity index (χ2n) is 7.12. The molecule has 2 aromatic carbocycles. The lowest BCUT2D eigenvalue weighted by Crippen LogP contribution is -2.40. The summed E-state index contributed by atoms with van der Waals surface area (Å²) in [7, 11) is 0. The molecule has 1 N–H and O–H groups in total. The highest BCUT2D eigenvalue weighted by Crippen LogP contribution is 2.18. The molecule has 0 bridgehead atoms. The van der Waals surface area contributed by atoms with Crippen molar-refractivity contribution < 1.29 is 19.1 Å². The number of rotatable bonds is 5. The highest BCUT2D eigenvalue weighted by Gasteiger charge is 2.37. The molecule has 140 valence electrons. The Morgan fingerprint density at radius 1 is 1.04 bits per heavy atom. The van der Waals surface area contributed by atoms with Crippen molar-refractivity contribution in [2.45, 2.75) is 39.3 Å². The van der Waals surface area contributed by atoms with E-state index in [4.69, 9.17) is 4.74 Å². The van der Waals surface area contributed by atoms with E-state index in [0.29, 0.717) is 11.1 Å². The van der Waals surface area contributed by atoms with Crippen molar-refractivity contribution in [3.63, 3.8) is 0 Å². The average molecular weight is 365 g/mol. The van der Waals surface area contributed by atoms with Crippen LogP contribution >= 0.6 is 0 Å². The van der Waals surface area contributed by atoms with Crippen molar-refractivity contribution in [3.8, 4) is 0 Å². The first-order valence-electron chi connectivity index (χ1n) is 8.59. The summed E-state index contributed by atoms with van der Waals surface area (Å²) in [6.45, 7) is 6.96. The van der Waals surface area contributed by atoms with Gasteiger partial charge in [0.25, 0.3) is 5.91 Å². The minimum atomic E-state index is -0.960. The van der Waals surface area contributed by atoms with Crippen LogP contribution in [-0.2, 0) is 9.53 Å². The van der Waals surface area contributed by atoms with Crippen LogP contribution in [0.4, 0.5) is 0 Å². The molecule has 0 radical (unpaired) electrons. The Morgan fingerprint density at radius 2 is 1.63 bits per heavy atom. The lowest BCUT2D eigenvalue weighted by atomic mass is 10.0. The Kier molecular flexibility index (Phi) is 6.27. The molecule has 1 unspecified atom stereocenters. The maximum atomic E-state index is 12.8. The Morgan fingerprint density at radius 3 is 2.19 bits per heavy atom. The molecule has 0 aliphatic rings. The quantitative estimate of drug-likeness (QED) is 0.380. The normalized spacial score (nSPS) is 11.9. The molecule has 27 heavy (non-hydrogen) atoms. The van der Waals surface area contributed by atoms with Gasteiger partial charge in [0.05, 0.1) is 0 Å². The van der Waals surface area contributed by atoms with Gasteiger partial charge in [0.2, 0.25) is 0 Å². The van der Waals surface area contributed by atoms with Crippen LogP contribution in [0.25, 0.3) is 5.53 Å². The van der Waals surface area contributed by atoms with E-state index >= 15 is 0 Å². The molecule has 6 heteroatoms. The maximum Gasteiger partial charge on any atom is 0.420 e. The summed E-state index contributed by atoms with van der Waals surface area (Å²) in [5.74, 6) is -1.18. The van der Waals surface area contributed by atoms with Crippen LogP contribution in [0, 0.1) is 6.92 Å². The summed E-state index contributed by atoms with van der Waals surface area (Å²) in [6, 6.07) is 15.0. The Labute approximate surface area is 158 Å². The van der Waals surface area contributed by atoms with Gasteiger partial charge in [-0.15, -0.1) is 0 Å². The number of nitrogens with one attached hydrogen (secondary N) is 1. The van der Waals surface area contributed by atoms with Gasteiger partial charge in [-0.3, -0.25) is 4.79 Å². The zero-order chi connectivity index (χ0) is 20.0. The van der Waals surface area contributed by atoms with Crippen LogP contribution in [0.15, 0.2) is 54.6 Å². The van der Waals surface area contributed by atoms with E-state index < -0.39 is 17.6 Å². The fourth-order valence-electron chi connectivity index (χ4n) is 2.54. The fraction of sp³-hybridized carbons (Fsp3) is 0.286. The van der Waals surface area contributed by atoms with Crippen LogP contribution in [0.3, 0.4) is 0 Å². The maximum absolute atomic E-state index is 12.8. The van der Waals surface area contributed by atoms with E-state index in [9.17, 15) is 15.1 Å². The number of hydrogen-bond donors (Lipinski definition) is 1. The summed E-state index contributed by atoms with van der Waals surface area (Å²) >= 11 is 0. The van der Waals surface area contributed by atoms with E-state index in [-0.39, 0.29) is 11.6 Å². The number of esters is 1. The van der Waals surface area contributed by atoms with Gasteiger partial charge in [0.15, 0.2) is 6.04 Å². The fourth-order valence-corrected chi connectivity index (χ4v) is 2.54. The molecular formula is C21H23N3O3. The zero-order valence-electron chi connectivity index (χ0n) is 15.9. The van der Waals surface area contributed by atoms with Gasteiger partial charge in [-0.2, -0.15) is 4.79 Å².